The average molecular weight is 311 g/mol. The number of rotatable bonds is 4. The van der Waals surface area contributed by atoms with E-state index in [4.69, 9.17) is 0 Å². The average Bonchev–Trinajstić information content (AvgIpc) is 2.47. The molecule has 1 saturated carbocycles. The van der Waals surface area contributed by atoms with Gasteiger partial charge < -0.3 is 10.4 Å². The van der Waals surface area contributed by atoms with E-state index in [0.717, 1.165) is 17.5 Å². The molecular formula is C17H17N3O3. The summed E-state index contributed by atoms with van der Waals surface area (Å²) in [6.07, 6.45) is 5.53. The van der Waals surface area contributed by atoms with Crippen molar-refractivity contribution in [3.63, 3.8) is 0 Å². The van der Waals surface area contributed by atoms with Crippen molar-refractivity contribution in [3.8, 4) is 11.1 Å². The number of carbonyl (C=O) groups excluding carboxylic acids is 1. The Bertz CT molecular complexity index is 735. The molecule has 1 aliphatic carbocycles. The molecule has 2 aromatic heterocycles. The van der Waals surface area contributed by atoms with Gasteiger partial charge in [-0.25, -0.2) is 4.98 Å². The zero-order valence-electron chi connectivity index (χ0n) is 12.7. The van der Waals surface area contributed by atoms with Crippen LogP contribution in [0.15, 0.2) is 36.7 Å². The minimum absolute atomic E-state index is 0.171. The lowest BCUT2D eigenvalue weighted by atomic mass is 9.66. The number of pyridine rings is 2. The smallest absolute Gasteiger partial charge is 0.315 e. The van der Waals surface area contributed by atoms with E-state index in [2.05, 4.69) is 15.3 Å². The predicted octanol–water partition coefficient (Wildman–Crippen LogP) is 2.61. The Balaban J connectivity index is 1.82. The van der Waals surface area contributed by atoms with E-state index < -0.39 is 11.4 Å². The number of carboxylic acid groups (broad SMARTS) is 1. The normalized spacial score (nSPS) is 15.5. The monoisotopic (exact) mass is 311 g/mol. The Kier molecular flexibility index (Phi) is 3.82. The SMILES string of the molecule is CC(=O)Nc1ccc(-c2ccc(C3(C(=O)O)CCC3)nc2)cn1. The van der Waals surface area contributed by atoms with Crippen LogP contribution in [0.5, 0.6) is 0 Å². The topological polar surface area (TPSA) is 92.2 Å². The summed E-state index contributed by atoms with van der Waals surface area (Å²) in [7, 11) is 0. The summed E-state index contributed by atoms with van der Waals surface area (Å²) < 4.78 is 0. The number of hydrogen-bond donors (Lipinski definition) is 2. The third-order valence-corrected chi connectivity index (χ3v) is 4.27. The highest BCUT2D eigenvalue weighted by Crippen LogP contribution is 2.43. The fraction of sp³-hybridized carbons (Fsp3) is 0.294. The van der Waals surface area contributed by atoms with Gasteiger partial charge in [-0.1, -0.05) is 12.5 Å². The van der Waals surface area contributed by atoms with E-state index in [9.17, 15) is 14.7 Å². The van der Waals surface area contributed by atoms with Gasteiger partial charge in [-0.05, 0) is 31.0 Å². The van der Waals surface area contributed by atoms with E-state index in [0.29, 0.717) is 24.4 Å². The summed E-state index contributed by atoms with van der Waals surface area (Å²) in [5.74, 6) is -0.480. The molecule has 6 nitrogen and oxygen atoms in total. The maximum Gasteiger partial charge on any atom is 0.315 e. The molecule has 2 heterocycles. The van der Waals surface area contributed by atoms with Crippen molar-refractivity contribution in [1.29, 1.82) is 0 Å². The van der Waals surface area contributed by atoms with E-state index in [1.807, 2.05) is 12.1 Å². The highest BCUT2D eigenvalue weighted by atomic mass is 16.4. The van der Waals surface area contributed by atoms with Crippen molar-refractivity contribution in [2.24, 2.45) is 0 Å². The molecule has 0 bridgehead atoms. The molecule has 1 amide bonds. The molecule has 3 rings (SSSR count). The predicted molar refractivity (Wildman–Crippen MR) is 84.9 cm³/mol. The molecule has 0 atom stereocenters. The number of anilines is 1. The van der Waals surface area contributed by atoms with Crippen LogP contribution in [0, 0.1) is 0 Å². The maximum atomic E-state index is 11.5. The lowest BCUT2D eigenvalue weighted by Crippen LogP contribution is -2.43. The Morgan fingerprint density at radius 1 is 1.09 bits per heavy atom. The van der Waals surface area contributed by atoms with E-state index in [1.165, 1.54) is 6.92 Å². The first kappa shape index (κ1) is 15.1. The van der Waals surface area contributed by atoms with Crippen molar-refractivity contribution in [2.45, 2.75) is 31.6 Å². The summed E-state index contributed by atoms with van der Waals surface area (Å²) in [5, 5.41) is 12.1. The van der Waals surface area contributed by atoms with Crippen LogP contribution in [-0.4, -0.2) is 27.0 Å². The van der Waals surface area contributed by atoms with Gasteiger partial charge in [0.25, 0.3) is 0 Å². The second kappa shape index (κ2) is 5.79. The molecule has 6 heteroatoms. The largest absolute Gasteiger partial charge is 0.481 e. The Labute approximate surface area is 133 Å². The quantitative estimate of drug-likeness (QED) is 0.905. The van der Waals surface area contributed by atoms with Crippen molar-refractivity contribution < 1.29 is 14.7 Å². The molecule has 0 aliphatic heterocycles. The first-order valence-electron chi connectivity index (χ1n) is 7.45. The molecular weight excluding hydrogens is 294 g/mol. The molecule has 1 aliphatic rings. The van der Waals surface area contributed by atoms with Gasteiger partial charge in [0.15, 0.2) is 0 Å². The summed E-state index contributed by atoms with van der Waals surface area (Å²) in [6, 6.07) is 7.20. The molecule has 23 heavy (non-hydrogen) atoms. The minimum atomic E-state index is -0.813. The first-order chi connectivity index (χ1) is 11.0. The zero-order valence-corrected chi connectivity index (χ0v) is 12.7. The lowest BCUT2D eigenvalue weighted by Gasteiger charge is -2.36. The lowest BCUT2D eigenvalue weighted by molar-refractivity contribution is -0.147. The highest BCUT2D eigenvalue weighted by molar-refractivity contribution is 5.87. The van der Waals surface area contributed by atoms with E-state index >= 15 is 0 Å². The molecule has 1 fully saturated rings. The van der Waals surface area contributed by atoms with Gasteiger partial charge in [0.05, 0.1) is 5.69 Å². The van der Waals surface area contributed by atoms with Crippen LogP contribution in [0.4, 0.5) is 5.82 Å². The highest BCUT2D eigenvalue weighted by Gasteiger charge is 2.47. The van der Waals surface area contributed by atoms with Crippen LogP contribution in [0.1, 0.15) is 31.9 Å². The number of aliphatic carboxylic acids is 1. The molecule has 0 spiro atoms. The van der Waals surface area contributed by atoms with Crippen LogP contribution in [-0.2, 0) is 15.0 Å². The van der Waals surface area contributed by atoms with Gasteiger partial charge >= 0.3 is 5.97 Å². The maximum absolute atomic E-state index is 11.5. The van der Waals surface area contributed by atoms with Crippen molar-refractivity contribution in [2.75, 3.05) is 5.32 Å². The van der Waals surface area contributed by atoms with Crippen LogP contribution in [0.3, 0.4) is 0 Å². The molecule has 2 aromatic rings. The number of nitrogens with zero attached hydrogens (tertiary/aromatic N) is 2. The number of nitrogens with one attached hydrogen (secondary N) is 1. The number of aromatic nitrogens is 2. The van der Waals surface area contributed by atoms with Gasteiger partial charge in [0, 0.05) is 30.4 Å². The van der Waals surface area contributed by atoms with Gasteiger partial charge in [0.2, 0.25) is 5.91 Å². The molecule has 2 N–H and O–H groups in total. The number of carbonyl (C=O) groups is 2. The second-order valence-electron chi connectivity index (χ2n) is 5.79. The van der Waals surface area contributed by atoms with Gasteiger partial charge in [-0.15, -0.1) is 0 Å². The standard InChI is InChI=1S/C17H17N3O3/c1-11(21)20-15-6-4-13(10-19-15)12-3-5-14(18-9-12)17(16(22)23)7-2-8-17/h3-6,9-10H,2,7-8H2,1H3,(H,22,23)(H,19,20,21). The van der Waals surface area contributed by atoms with Gasteiger partial charge in [-0.3, -0.25) is 14.6 Å². The molecule has 118 valence electrons. The van der Waals surface area contributed by atoms with Crippen molar-refractivity contribution in [1.82, 2.24) is 9.97 Å². The Morgan fingerprint density at radius 2 is 1.74 bits per heavy atom. The van der Waals surface area contributed by atoms with Crippen LogP contribution in [0.25, 0.3) is 11.1 Å². The van der Waals surface area contributed by atoms with E-state index in [-0.39, 0.29) is 5.91 Å². The van der Waals surface area contributed by atoms with Crippen molar-refractivity contribution in [3.05, 3.63) is 42.4 Å². The third-order valence-electron chi connectivity index (χ3n) is 4.27. The fourth-order valence-corrected chi connectivity index (χ4v) is 2.78. The molecule has 0 aromatic carbocycles. The summed E-state index contributed by atoms with van der Waals surface area (Å²) >= 11 is 0. The first-order valence-corrected chi connectivity index (χ1v) is 7.45. The summed E-state index contributed by atoms with van der Waals surface area (Å²) in [6.45, 7) is 1.43. The van der Waals surface area contributed by atoms with Gasteiger partial charge in [0.1, 0.15) is 11.2 Å². The second-order valence-corrected chi connectivity index (χ2v) is 5.79. The summed E-state index contributed by atoms with van der Waals surface area (Å²) in [4.78, 5) is 31.0. The fourth-order valence-electron chi connectivity index (χ4n) is 2.78. The van der Waals surface area contributed by atoms with Crippen molar-refractivity contribution >= 4 is 17.7 Å². The van der Waals surface area contributed by atoms with Crippen LogP contribution >= 0.6 is 0 Å². The molecule has 0 unspecified atom stereocenters. The molecule has 0 radical (unpaired) electrons. The third kappa shape index (κ3) is 2.79. The zero-order chi connectivity index (χ0) is 16.4. The van der Waals surface area contributed by atoms with Gasteiger partial charge in [-0.2, -0.15) is 0 Å². The molecule has 0 saturated heterocycles. The van der Waals surface area contributed by atoms with Crippen LogP contribution in [0.2, 0.25) is 0 Å². The minimum Gasteiger partial charge on any atom is -0.481 e. The van der Waals surface area contributed by atoms with Crippen LogP contribution < -0.4 is 5.32 Å². The Hall–Kier alpha value is -2.76. The summed E-state index contributed by atoms with van der Waals surface area (Å²) in [5.41, 5.74) is 1.51. The Morgan fingerprint density at radius 3 is 2.13 bits per heavy atom. The number of hydrogen-bond acceptors (Lipinski definition) is 4. The van der Waals surface area contributed by atoms with E-state index in [1.54, 1.807) is 24.5 Å². The number of carboxylic acids is 1. The number of amides is 1.